The smallest absolute Gasteiger partial charge is 0.252 e. The summed E-state index contributed by atoms with van der Waals surface area (Å²) in [4.78, 5) is 57.7. The monoisotopic (exact) mass is 667 g/mol. The molecule has 258 valence electrons. The molecule has 6 rings (SSSR count). The van der Waals surface area contributed by atoms with E-state index in [0.29, 0.717) is 37.0 Å². The second kappa shape index (κ2) is 15.9. The molecule has 13 heteroatoms. The zero-order valence-electron chi connectivity index (χ0n) is 27.6. The molecule has 3 aliphatic heterocycles. The maximum atomic E-state index is 12.9. The minimum Gasteiger partial charge on any atom is -0.404 e. The minimum atomic E-state index is -0.814. The molecule has 2 aromatic rings. The number of aldehydes is 1. The van der Waals surface area contributed by atoms with Crippen molar-refractivity contribution in [2.75, 3.05) is 42.1 Å². The van der Waals surface area contributed by atoms with E-state index in [4.69, 9.17) is 15.7 Å². The van der Waals surface area contributed by atoms with Crippen LogP contribution in [0.2, 0.25) is 0 Å². The van der Waals surface area contributed by atoms with E-state index < -0.39 is 17.9 Å². The Morgan fingerprint density at radius 3 is 2.65 bits per heavy atom. The Morgan fingerprint density at radius 1 is 1.06 bits per heavy atom. The molecule has 1 atom stereocenters. The predicted molar refractivity (Wildman–Crippen MR) is 192 cm³/mol. The van der Waals surface area contributed by atoms with Crippen LogP contribution in [0.4, 0.5) is 22.7 Å². The summed E-state index contributed by atoms with van der Waals surface area (Å²) in [6, 6.07) is 11.2. The number of nitrogens with one attached hydrogen (secondary N) is 6. The number of anilines is 3. The van der Waals surface area contributed by atoms with E-state index >= 15 is 0 Å². The van der Waals surface area contributed by atoms with Crippen LogP contribution < -0.4 is 37.6 Å². The van der Waals surface area contributed by atoms with Crippen LogP contribution in [0, 0.1) is 5.92 Å². The molecule has 4 aliphatic rings. The molecule has 8 N–H and O–H groups in total. The summed E-state index contributed by atoms with van der Waals surface area (Å²) < 4.78 is 0. The molecule has 3 fully saturated rings. The van der Waals surface area contributed by atoms with Crippen LogP contribution in [0.25, 0.3) is 0 Å². The van der Waals surface area contributed by atoms with Crippen molar-refractivity contribution >= 4 is 58.7 Å². The van der Waals surface area contributed by atoms with Crippen molar-refractivity contribution in [3.63, 3.8) is 0 Å². The number of imide groups is 1. The Bertz CT molecular complexity index is 1660. The van der Waals surface area contributed by atoms with Gasteiger partial charge >= 0.3 is 0 Å². The molecule has 2 saturated heterocycles. The number of fused-ring (bicyclic) bond motifs is 1. The van der Waals surface area contributed by atoms with Gasteiger partial charge in [-0.05, 0) is 100 Å². The van der Waals surface area contributed by atoms with E-state index in [1.54, 1.807) is 24.4 Å². The second-order valence-electron chi connectivity index (χ2n) is 13.2. The average Bonchev–Trinajstić information content (AvgIpc) is 3.09. The summed E-state index contributed by atoms with van der Waals surface area (Å²) >= 11 is 0. The van der Waals surface area contributed by atoms with Crippen LogP contribution in [-0.2, 0) is 9.59 Å². The lowest BCUT2D eigenvalue weighted by molar-refractivity contribution is -0.134. The van der Waals surface area contributed by atoms with Crippen LogP contribution in [0.3, 0.4) is 0 Å². The number of hydrogen-bond donors (Lipinski definition) is 7. The van der Waals surface area contributed by atoms with Gasteiger partial charge in [0.25, 0.3) is 5.91 Å². The van der Waals surface area contributed by atoms with Gasteiger partial charge in [0.1, 0.15) is 6.04 Å². The molecule has 0 radical (unpaired) electrons. The van der Waals surface area contributed by atoms with E-state index in [0.717, 1.165) is 80.0 Å². The fourth-order valence-corrected chi connectivity index (χ4v) is 6.71. The number of carbonyl (C=O) groups excluding carboxylic acids is 4. The summed E-state index contributed by atoms with van der Waals surface area (Å²) in [5, 5.41) is 18.7. The SMILES string of the molecule is NC=C(C=NC1CC(CCCNc2ccc(C=O)c(C(=O)NC3CCC(=O)NC3=O)c2)C1)C1=Nc2cc(NC3CCNCC3)ccc2NC1. The summed E-state index contributed by atoms with van der Waals surface area (Å²) in [7, 11) is 0. The van der Waals surface area contributed by atoms with E-state index in [1.165, 1.54) is 0 Å². The lowest BCUT2D eigenvalue weighted by Crippen LogP contribution is -2.52. The molecule has 1 unspecified atom stereocenters. The molecule has 13 nitrogen and oxygen atoms in total. The first-order valence-corrected chi connectivity index (χ1v) is 17.2. The van der Waals surface area contributed by atoms with E-state index in [1.807, 2.05) is 6.21 Å². The van der Waals surface area contributed by atoms with Crippen molar-refractivity contribution in [3.8, 4) is 0 Å². The first kappa shape index (κ1) is 33.8. The van der Waals surface area contributed by atoms with E-state index in [9.17, 15) is 19.2 Å². The number of nitrogens with zero attached hydrogens (tertiary/aromatic N) is 2. The highest BCUT2D eigenvalue weighted by Gasteiger charge is 2.29. The number of aliphatic imine (C=N–C) groups is 2. The molecule has 2 aromatic carbocycles. The van der Waals surface area contributed by atoms with Gasteiger partial charge in [0.15, 0.2) is 6.29 Å². The molecule has 0 bridgehead atoms. The van der Waals surface area contributed by atoms with Crippen molar-refractivity contribution in [3.05, 3.63) is 59.3 Å². The van der Waals surface area contributed by atoms with Gasteiger partial charge in [-0.15, -0.1) is 0 Å². The van der Waals surface area contributed by atoms with Crippen molar-refractivity contribution in [2.24, 2.45) is 21.6 Å². The predicted octanol–water partition coefficient (Wildman–Crippen LogP) is 3.28. The van der Waals surface area contributed by atoms with Gasteiger partial charge in [0, 0.05) is 53.9 Å². The Balaban J connectivity index is 0.938. The van der Waals surface area contributed by atoms with Crippen LogP contribution in [0.5, 0.6) is 0 Å². The topological polar surface area (TPSA) is 191 Å². The number of hydrogen-bond acceptors (Lipinski definition) is 11. The van der Waals surface area contributed by atoms with Crippen molar-refractivity contribution < 1.29 is 19.2 Å². The fraction of sp³-hybridized carbons (Fsp3) is 0.444. The lowest BCUT2D eigenvalue weighted by Gasteiger charge is -2.32. The highest BCUT2D eigenvalue weighted by Crippen LogP contribution is 2.35. The number of benzene rings is 2. The fourth-order valence-electron chi connectivity index (χ4n) is 6.71. The van der Waals surface area contributed by atoms with Gasteiger partial charge in [-0.3, -0.25) is 29.5 Å². The number of nitrogens with two attached hydrogens (primary N) is 1. The van der Waals surface area contributed by atoms with Gasteiger partial charge < -0.3 is 32.3 Å². The third-order valence-corrected chi connectivity index (χ3v) is 9.65. The molecule has 1 saturated carbocycles. The highest BCUT2D eigenvalue weighted by molar-refractivity contribution is 6.19. The van der Waals surface area contributed by atoms with Crippen LogP contribution in [0.15, 0.2) is 58.2 Å². The molecule has 3 amide bonds. The second-order valence-corrected chi connectivity index (χ2v) is 13.2. The Morgan fingerprint density at radius 2 is 1.88 bits per heavy atom. The normalized spacial score (nSPS) is 22.7. The van der Waals surface area contributed by atoms with Gasteiger partial charge in [-0.25, -0.2) is 4.99 Å². The number of rotatable bonds is 13. The third kappa shape index (κ3) is 8.71. The summed E-state index contributed by atoms with van der Waals surface area (Å²) in [5.41, 5.74) is 11.8. The zero-order chi connectivity index (χ0) is 34.2. The molecule has 3 heterocycles. The van der Waals surface area contributed by atoms with Gasteiger partial charge in [0.05, 0.1) is 35.2 Å². The quantitative estimate of drug-likeness (QED) is 0.0727. The zero-order valence-corrected chi connectivity index (χ0v) is 27.6. The number of amides is 3. The summed E-state index contributed by atoms with van der Waals surface area (Å²) in [5.74, 6) is -0.834. The molecule has 0 aromatic heterocycles. The van der Waals surface area contributed by atoms with Crippen molar-refractivity contribution in [2.45, 2.75) is 69.5 Å². The van der Waals surface area contributed by atoms with Crippen LogP contribution >= 0.6 is 0 Å². The Labute approximate surface area is 286 Å². The first-order valence-electron chi connectivity index (χ1n) is 17.2. The largest absolute Gasteiger partial charge is 0.404 e. The summed E-state index contributed by atoms with van der Waals surface area (Å²) in [6.07, 6.45) is 10.7. The Kier molecular flexibility index (Phi) is 11.0. The average molecular weight is 668 g/mol. The van der Waals surface area contributed by atoms with E-state index in [-0.39, 0.29) is 35.9 Å². The van der Waals surface area contributed by atoms with Crippen LogP contribution in [-0.4, -0.2) is 80.2 Å². The maximum Gasteiger partial charge on any atom is 0.252 e. The van der Waals surface area contributed by atoms with Gasteiger partial charge in [-0.1, -0.05) is 0 Å². The first-order chi connectivity index (χ1) is 23.9. The van der Waals surface area contributed by atoms with E-state index in [2.05, 4.69) is 50.1 Å². The van der Waals surface area contributed by atoms with Gasteiger partial charge in [0.2, 0.25) is 11.8 Å². The molecule has 0 spiro atoms. The Hall–Kier alpha value is -5.04. The van der Waals surface area contributed by atoms with Crippen molar-refractivity contribution in [1.82, 2.24) is 16.0 Å². The number of piperidine rings is 2. The maximum absolute atomic E-state index is 12.9. The highest BCUT2D eigenvalue weighted by atomic mass is 16.2. The molecule has 49 heavy (non-hydrogen) atoms. The number of carbonyl (C=O) groups is 4. The summed E-state index contributed by atoms with van der Waals surface area (Å²) in [6.45, 7) is 3.38. The minimum absolute atomic E-state index is 0.152. The molecular formula is C36H45N9O4. The third-order valence-electron chi connectivity index (χ3n) is 9.65. The molecular weight excluding hydrogens is 622 g/mol. The standard InChI is InChI=1S/C36H45N9O4/c37-18-24(33-20-41-30-6-5-27(17-32(30)43-33)42-25-9-12-38-13-10-25)19-40-28-14-22(15-28)2-1-11-39-26-4-3-23(21-46)29(16-26)35(48)44-31-7-8-34(47)45-36(31)49/h3-6,16-19,21-22,25,28,31,38-39,41-42H,1-2,7-15,20,37H2,(H,44,48)(H,45,47,49). The van der Waals surface area contributed by atoms with Crippen LogP contribution in [0.1, 0.15) is 72.1 Å². The lowest BCUT2D eigenvalue weighted by atomic mass is 9.78. The van der Waals surface area contributed by atoms with Crippen molar-refractivity contribution in [1.29, 1.82) is 0 Å². The molecule has 1 aliphatic carbocycles. The van der Waals surface area contributed by atoms with Gasteiger partial charge in [-0.2, -0.15) is 0 Å².